The topological polar surface area (TPSA) is 63.9 Å². The molecule has 0 atom stereocenters. The van der Waals surface area contributed by atoms with Crippen LogP contribution in [-0.4, -0.2) is 11.7 Å². The van der Waals surface area contributed by atoms with Crippen LogP contribution in [-0.2, 0) is 6.54 Å². The summed E-state index contributed by atoms with van der Waals surface area (Å²) in [6.07, 6.45) is 0. The van der Waals surface area contributed by atoms with Gasteiger partial charge < -0.3 is 10.2 Å². The minimum absolute atomic E-state index is 0.393. The number of nitrogens with zero attached hydrogens (tertiary/aromatic N) is 2. The molecule has 0 fully saturated rings. The highest BCUT2D eigenvalue weighted by molar-refractivity contribution is 6.21. The van der Waals surface area contributed by atoms with Crippen molar-refractivity contribution in [1.82, 2.24) is 0 Å². The van der Waals surface area contributed by atoms with Gasteiger partial charge in [0.05, 0.1) is 6.54 Å². The van der Waals surface area contributed by atoms with Gasteiger partial charge in [0.15, 0.2) is 5.84 Å². The smallest absolute Gasteiger partial charge is 0.158 e. The van der Waals surface area contributed by atoms with Gasteiger partial charge in [0, 0.05) is 21.9 Å². The van der Waals surface area contributed by atoms with Crippen LogP contribution < -0.4 is 5.73 Å². The van der Waals surface area contributed by atoms with Crippen LogP contribution in [0.25, 0.3) is 76.9 Å². The maximum atomic E-state index is 6.84. The number of benzene rings is 9. The van der Waals surface area contributed by atoms with Gasteiger partial charge in [0.25, 0.3) is 0 Å². The van der Waals surface area contributed by atoms with E-state index in [-0.39, 0.29) is 0 Å². The Morgan fingerprint density at radius 1 is 0.456 bits per heavy atom. The molecule has 0 bridgehead atoms. The van der Waals surface area contributed by atoms with Crippen molar-refractivity contribution < 1.29 is 4.42 Å². The van der Waals surface area contributed by atoms with E-state index in [1.807, 2.05) is 60.7 Å². The molecule has 0 saturated heterocycles. The summed E-state index contributed by atoms with van der Waals surface area (Å²) in [4.78, 5) is 10.2. The first-order valence-corrected chi connectivity index (χ1v) is 19.2. The van der Waals surface area contributed by atoms with E-state index in [0.29, 0.717) is 18.2 Å². The number of rotatable bonds is 7. The van der Waals surface area contributed by atoms with Gasteiger partial charge in [-0.2, -0.15) is 0 Å². The molecule has 0 radical (unpaired) electrons. The largest absolute Gasteiger partial charge is 0.456 e. The van der Waals surface area contributed by atoms with Gasteiger partial charge in [0.1, 0.15) is 17.0 Å². The Labute approximate surface area is 330 Å². The highest BCUT2D eigenvalue weighted by Gasteiger charge is 2.17. The normalized spacial score (nSPS) is 12.2. The quantitative estimate of drug-likeness (QED) is 0.101. The van der Waals surface area contributed by atoms with E-state index in [4.69, 9.17) is 20.1 Å². The number of furan rings is 1. The Kier molecular flexibility index (Phi) is 8.69. The van der Waals surface area contributed by atoms with Crippen LogP contribution in [0.4, 0.5) is 0 Å². The van der Waals surface area contributed by atoms with Crippen molar-refractivity contribution in [2.45, 2.75) is 6.54 Å². The molecule has 0 saturated carbocycles. The molecule has 4 nitrogen and oxygen atoms in total. The van der Waals surface area contributed by atoms with E-state index in [1.54, 1.807) is 0 Å². The summed E-state index contributed by atoms with van der Waals surface area (Å²) >= 11 is 0. The van der Waals surface area contributed by atoms with Gasteiger partial charge in [0.2, 0.25) is 0 Å². The predicted molar refractivity (Wildman–Crippen MR) is 239 cm³/mol. The number of hydrogen-bond acceptors (Lipinski definition) is 2. The van der Waals surface area contributed by atoms with Crippen LogP contribution in [0.3, 0.4) is 0 Å². The number of fused-ring (bicyclic) bond motifs is 6. The molecule has 0 spiro atoms. The van der Waals surface area contributed by atoms with Crippen molar-refractivity contribution in [3.63, 3.8) is 0 Å². The first kappa shape index (κ1) is 34.0. The Morgan fingerprint density at radius 2 is 1.09 bits per heavy atom. The van der Waals surface area contributed by atoms with E-state index in [0.717, 1.165) is 60.9 Å². The number of nitrogens with two attached hydrogens (primary N) is 1. The first-order valence-electron chi connectivity index (χ1n) is 19.2. The van der Waals surface area contributed by atoms with Gasteiger partial charge >= 0.3 is 0 Å². The zero-order valence-electron chi connectivity index (χ0n) is 31.1. The van der Waals surface area contributed by atoms with Gasteiger partial charge in [-0.05, 0) is 90.8 Å². The van der Waals surface area contributed by atoms with Crippen LogP contribution in [0.15, 0.2) is 215 Å². The Bertz CT molecular complexity index is 3140. The molecular formula is C53H37N3O. The molecule has 10 rings (SSSR count). The second-order valence-electron chi connectivity index (χ2n) is 14.3. The molecule has 0 aliphatic carbocycles. The summed E-state index contributed by atoms with van der Waals surface area (Å²) in [5, 5.41) is 6.97. The summed E-state index contributed by atoms with van der Waals surface area (Å²) in [6, 6.07) is 69.7. The maximum absolute atomic E-state index is 6.84. The van der Waals surface area contributed by atoms with Crippen molar-refractivity contribution in [2.75, 3.05) is 0 Å². The lowest BCUT2D eigenvalue weighted by atomic mass is 9.92. The van der Waals surface area contributed by atoms with Gasteiger partial charge in [-0.1, -0.05) is 170 Å². The Balaban J connectivity index is 1.06. The molecule has 1 aromatic heterocycles. The van der Waals surface area contributed by atoms with Crippen LogP contribution in [0.1, 0.15) is 16.7 Å². The lowest BCUT2D eigenvalue weighted by molar-refractivity contribution is 0.669. The molecule has 57 heavy (non-hydrogen) atoms. The summed E-state index contributed by atoms with van der Waals surface area (Å²) in [5.74, 6) is 0.941. The maximum Gasteiger partial charge on any atom is 0.158 e. The zero-order valence-corrected chi connectivity index (χ0v) is 31.1. The fourth-order valence-electron chi connectivity index (χ4n) is 7.93. The second kappa shape index (κ2) is 14.6. The Hall–Kier alpha value is -7.56. The fourth-order valence-corrected chi connectivity index (χ4v) is 7.93. The Morgan fingerprint density at radius 3 is 1.91 bits per heavy atom. The lowest BCUT2D eigenvalue weighted by Crippen LogP contribution is -2.16. The van der Waals surface area contributed by atoms with E-state index < -0.39 is 0 Å². The minimum Gasteiger partial charge on any atom is -0.456 e. The molecule has 0 aliphatic rings. The van der Waals surface area contributed by atoms with E-state index in [9.17, 15) is 0 Å². The van der Waals surface area contributed by atoms with Crippen LogP contribution in [0.5, 0.6) is 0 Å². The van der Waals surface area contributed by atoms with Crippen molar-refractivity contribution in [3.8, 4) is 33.4 Å². The van der Waals surface area contributed by atoms with Crippen LogP contribution >= 0.6 is 0 Å². The SMILES string of the molecule is NC(=NC(=NCc1ccccc1)c1cccc2oc3ccc(-c4ccc(-c5cc6ccccc6c6ccccc56)cc4)cc3c12)c1cccc(-c2ccccc2)c1. The standard InChI is InChI=1S/C53H37N3O/c54-52(42-19-11-18-39(31-42)36-15-5-2-6-16-36)56-53(55-34-35-13-3-1-4-14-35)46-23-12-24-50-51(46)48-32-40(29-30-49(48)57-50)37-25-27-38(28-26-37)47-33-41-17-7-8-20-43(41)44-21-9-10-22-45(44)47/h1-33H,34H2,(H2,54,55,56). The highest BCUT2D eigenvalue weighted by Crippen LogP contribution is 2.38. The van der Waals surface area contributed by atoms with Gasteiger partial charge in [-0.25, -0.2) is 4.99 Å². The number of aliphatic imine (C=N–C) groups is 2. The average molecular weight is 732 g/mol. The summed E-state index contributed by atoms with van der Waals surface area (Å²) < 4.78 is 6.47. The van der Waals surface area contributed by atoms with Gasteiger partial charge in [-0.3, -0.25) is 4.99 Å². The molecule has 9 aromatic carbocycles. The second-order valence-corrected chi connectivity index (χ2v) is 14.3. The average Bonchev–Trinajstić information content (AvgIpc) is 3.67. The molecule has 4 heteroatoms. The third kappa shape index (κ3) is 6.53. The van der Waals surface area contributed by atoms with Crippen LogP contribution in [0.2, 0.25) is 0 Å². The minimum atomic E-state index is 0.393. The van der Waals surface area contributed by atoms with E-state index >= 15 is 0 Å². The molecule has 0 unspecified atom stereocenters. The fraction of sp³-hybridized carbons (Fsp3) is 0.0189. The van der Waals surface area contributed by atoms with E-state index in [2.05, 4.69) is 140 Å². The molecule has 270 valence electrons. The number of amidine groups is 2. The lowest BCUT2D eigenvalue weighted by Gasteiger charge is -2.12. The molecule has 0 aliphatic heterocycles. The third-order valence-corrected chi connectivity index (χ3v) is 10.8. The predicted octanol–water partition coefficient (Wildman–Crippen LogP) is 13.2. The molecular weight excluding hydrogens is 695 g/mol. The summed E-state index contributed by atoms with van der Waals surface area (Å²) in [7, 11) is 0. The van der Waals surface area contributed by atoms with Crippen molar-refractivity contribution in [1.29, 1.82) is 0 Å². The van der Waals surface area contributed by atoms with Gasteiger partial charge in [-0.15, -0.1) is 0 Å². The monoisotopic (exact) mass is 731 g/mol. The van der Waals surface area contributed by atoms with Crippen molar-refractivity contribution in [3.05, 3.63) is 217 Å². The molecule has 10 aromatic rings. The molecule has 1 heterocycles. The molecule has 0 amide bonds. The summed E-state index contributed by atoms with van der Waals surface area (Å²) in [6.45, 7) is 0.452. The summed E-state index contributed by atoms with van der Waals surface area (Å²) in [5.41, 5.74) is 18.0. The van der Waals surface area contributed by atoms with Crippen LogP contribution in [0, 0.1) is 0 Å². The first-order chi connectivity index (χ1) is 28.2. The zero-order chi connectivity index (χ0) is 38.1. The molecule has 2 N–H and O–H groups in total. The highest BCUT2D eigenvalue weighted by atomic mass is 16.3. The van der Waals surface area contributed by atoms with Crippen molar-refractivity contribution in [2.24, 2.45) is 15.7 Å². The number of hydrogen-bond donors (Lipinski definition) is 1. The van der Waals surface area contributed by atoms with E-state index in [1.165, 1.54) is 32.7 Å². The third-order valence-electron chi connectivity index (χ3n) is 10.8. The van der Waals surface area contributed by atoms with Crippen molar-refractivity contribution >= 4 is 55.2 Å².